The minimum Gasteiger partial charge on any atom is -0.326 e. The summed E-state index contributed by atoms with van der Waals surface area (Å²) in [6.07, 6.45) is 0. The molecule has 2 rings (SSSR count). The Morgan fingerprint density at radius 2 is 2.05 bits per heavy atom. The van der Waals surface area contributed by atoms with Crippen molar-refractivity contribution in [2.24, 2.45) is 12.8 Å². The number of rotatable bonds is 4. The predicted molar refractivity (Wildman–Crippen MR) is 77.8 cm³/mol. The van der Waals surface area contributed by atoms with E-state index in [2.05, 4.69) is 9.82 Å². The quantitative estimate of drug-likeness (QED) is 0.894. The molecule has 2 aromatic rings. The van der Waals surface area contributed by atoms with Crippen LogP contribution >= 0.6 is 0 Å². The number of nitrogens with one attached hydrogen (secondary N) is 1. The number of sulfonamides is 1. The van der Waals surface area contributed by atoms with Crippen LogP contribution in [-0.2, 0) is 23.6 Å². The number of aryl methyl sites for hydroxylation is 2. The van der Waals surface area contributed by atoms with Gasteiger partial charge >= 0.3 is 0 Å². The molecule has 8 heteroatoms. The molecule has 0 bridgehead atoms. The van der Waals surface area contributed by atoms with Crippen molar-refractivity contribution < 1.29 is 12.8 Å². The van der Waals surface area contributed by atoms with Crippen molar-refractivity contribution in [3.05, 3.63) is 41.0 Å². The zero-order valence-corrected chi connectivity index (χ0v) is 12.8. The standard InChI is InChI=1S/C13H17FN4O2S/c1-8-13(9(2)18(3)16-8)21(19,20)17-12-5-4-10(7-15)6-11(12)14/h4-6,17H,7,15H2,1-3H3. The van der Waals surface area contributed by atoms with Gasteiger partial charge in [-0.05, 0) is 31.5 Å². The summed E-state index contributed by atoms with van der Waals surface area (Å²) in [6.45, 7) is 3.42. The van der Waals surface area contributed by atoms with E-state index in [0.717, 1.165) is 0 Å². The fourth-order valence-electron chi connectivity index (χ4n) is 2.11. The Bertz CT molecular complexity index is 784. The molecule has 0 saturated carbocycles. The highest BCUT2D eigenvalue weighted by molar-refractivity contribution is 7.92. The maximum Gasteiger partial charge on any atom is 0.265 e. The van der Waals surface area contributed by atoms with Crippen LogP contribution in [0.3, 0.4) is 0 Å². The number of anilines is 1. The molecule has 0 spiro atoms. The first-order valence-electron chi connectivity index (χ1n) is 6.27. The minimum atomic E-state index is -3.90. The summed E-state index contributed by atoms with van der Waals surface area (Å²) in [6, 6.07) is 4.14. The molecular formula is C13H17FN4O2S. The lowest BCUT2D eigenvalue weighted by molar-refractivity contribution is 0.597. The van der Waals surface area contributed by atoms with Crippen LogP contribution in [0.4, 0.5) is 10.1 Å². The highest BCUT2D eigenvalue weighted by Gasteiger charge is 2.24. The first kappa shape index (κ1) is 15.5. The third kappa shape index (κ3) is 2.91. The van der Waals surface area contributed by atoms with Crippen molar-refractivity contribution in [1.29, 1.82) is 0 Å². The zero-order chi connectivity index (χ0) is 15.8. The molecule has 114 valence electrons. The second kappa shape index (κ2) is 5.45. The van der Waals surface area contributed by atoms with Gasteiger partial charge in [-0.25, -0.2) is 12.8 Å². The molecule has 0 fully saturated rings. The smallest absolute Gasteiger partial charge is 0.265 e. The van der Waals surface area contributed by atoms with E-state index in [-0.39, 0.29) is 17.1 Å². The minimum absolute atomic E-state index is 0.0623. The Hall–Kier alpha value is -1.93. The topological polar surface area (TPSA) is 90.0 Å². The molecule has 0 saturated heterocycles. The monoisotopic (exact) mass is 312 g/mol. The van der Waals surface area contributed by atoms with Gasteiger partial charge in [-0.1, -0.05) is 6.07 Å². The van der Waals surface area contributed by atoms with Crippen LogP contribution < -0.4 is 10.5 Å². The SMILES string of the molecule is Cc1nn(C)c(C)c1S(=O)(=O)Nc1ccc(CN)cc1F. The Balaban J connectivity index is 2.42. The summed E-state index contributed by atoms with van der Waals surface area (Å²) in [7, 11) is -2.25. The summed E-state index contributed by atoms with van der Waals surface area (Å²) in [5.74, 6) is -0.666. The molecular weight excluding hydrogens is 295 g/mol. The largest absolute Gasteiger partial charge is 0.326 e. The van der Waals surface area contributed by atoms with Gasteiger partial charge in [0.15, 0.2) is 0 Å². The van der Waals surface area contributed by atoms with E-state index in [9.17, 15) is 12.8 Å². The Kier molecular flexibility index (Phi) is 4.02. The van der Waals surface area contributed by atoms with Gasteiger partial charge in [0.2, 0.25) is 0 Å². The van der Waals surface area contributed by atoms with Crippen LogP contribution in [0.2, 0.25) is 0 Å². The molecule has 1 aromatic heterocycles. The number of hydrogen-bond acceptors (Lipinski definition) is 4. The second-order valence-corrected chi connectivity index (χ2v) is 6.37. The van der Waals surface area contributed by atoms with Crippen LogP contribution in [0.15, 0.2) is 23.1 Å². The van der Waals surface area contributed by atoms with Crippen molar-refractivity contribution in [1.82, 2.24) is 9.78 Å². The molecule has 0 amide bonds. The highest BCUT2D eigenvalue weighted by Crippen LogP contribution is 2.24. The number of nitrogens with two attached hydrogens (primary N) is 1. The van der Waals surface area contributed by atoms with Gasteiger partial charge in [-0.3, -0.25) is 9.40 Å². The molecule has 1 heterocycles. The first-order chi connectivity index (χ1) is 9.76. The van der Waals surface area contributed by atoms with E-state index in [1.807, 2.05) is 0 Å². The number of nitrogens with zero attached hydrogens (tertiary/aromatic N) is 2. The maximum absolute atomic E-state index is 13.9. The van der Waals surface area contributed by atoms with Gasteiger partial charge < -0.3 is 5.73 Å². The number of hydrogen-bond donors (Lipinski definition) is 2. The van der Waals surface area contributed by atoms with Crippen molar-refractivity contribution >= 4 is 15.7 Å². The molecule has 3 N–H and O–H groups in total. The van der Waals surface area contributed by atoms with Gasteiger partial charge in [0.05, 0.1) is 17.1 Å². The van der Waals surface area contributed by atoms with Gasteiger partial charge in [0, 0.05) is 13.6 Å². The molecule has 0 unspecified atom stereocenters. The van der Waals surface area contributed by atoms with E-state index in [1.54, 1.807) is 27.0 Å². The summed E-state index contributed by atoms with van der Waals surface area (Å²) >= 11 is 0. The summed E-state index contributed by atoms with van der Waals surface area (Å²) < 4.78 is 42.4. The van der Waals surface area contributed by atoms with Crippen LogP contribution in [0.5, 0.6) is 0 Å². The predicted octanol–water partition coefficient (Wildman–Crippen LogP) is 1.44. The average Bonchev–Trinajstić information content (AvgIpc) is 2.66. The molecule has 0 aliphatic rings. The molecule has 1 aromatic carbocycles. The zero-order valence-electron chi connectivity index (χ0n) is 12.0. The molecule has 0 radical (unpaired) electrons. The summed E-state index contributed by atoms with van der Waals surface area (Å²) in [5.41, 5.74) is 6.73. The fraction of sp³-hybridized carbons (Fsp3) is 0.308. The van der Waals surface area contributed by atoms with E-state index in [4.69, 9.17) is 5.73 Å². The van der Waals surface area contributed by atoms with Gasteiger partial charge in [0.1, 0.15) is 10.7 Å². The third-order valence-electron chi connectivity index (χ3n) is 3.22. The van der Waals surface area contributed by atoms with Gasteiger partial charge in [-0.15, -0.1) is 0 Å². The third-order valence-corrected chi connectivity index (χ3v) is 4.84. The lowest BCUT2D eigenvalue weighted by Gasteiger charge is -2.10. The molecule has 21 heavy (non-hydrogen) atoms. The number of aromatic nitrogens is 2. The van der Waals surface area contributed by atoms with E-state index in [0.29, 0.717) is 17.0 Å². The van der Waals surface area contributed by atoms with Gasteiger partial charge in [0.25, 0.3) is 10.0 Å². The van der Waals surface area contributed by atoms with Crippen molar-refractivity contribution in [2.45, 2.75) is 25.3 Å². The lowest BCUT2D eigenvalue weighted by Crippen LogP contribution is -2.16. The maximum atomic E-state index is 13.9. The van der Waals surface area contributed by atoms with Crippen molar-refractivity contribution in [3.8, 4) is 0 Å². The van der Waals surface area contributed by atoms with E-state index in [1.165, 1.54) is 16.8 Å². The summed E-state index contributed by atoms with van der Waals surface area (Å²) in [4.78, 5) is 0.0623. The Morgan fingerprint density at radius 3 is 2.52 bits per heavy atom. The van der Waals surface area contributed by atoms with Crippen LogP contribution in [0.25, 0.3) is 0 Å². The Morgan fingerprint density at radius 1 is 1.38 bits per heavy atom. The molecule has 6 nitrogen and oxygen atoms in total. The molecule has 0 aliphatic carbocycles. The van der Waals surface area contributed by atoms with Crippen LogP contribution in [-0.4, -0.2) is 18.2 Å². The average molecular weight is 312 g/mol. The van der Waals surface area contributed by atoms with Crippen LogP contribution in [0.1, 0.15) is 17.0 Å². The van der Waals surface area contributed by atoms with Crippen molar-refractivity contribution in [3.63, 3.8) is 0 Å². The van der Waals surface area contributed by atoms with Crippen molar-refractivity contribution in [2.75, 3.05) is 4.72 Å². The van der Waals surface area contributed by atoms with E-state index < -0.39 is 15.8 Å². The normalized spacial score (nSPS) is 11.7. The van der Waals surface area contributed by atoms with Crippen LogP contribution in [0, 0.1) is 19.7 Å². The van der Waals surface area contributed by atoms with Gasteiger partial charge in [-0.2, -0.15) is 5.10 Å². The number of halogens is 1. The highest BCUT2D eigenvalue weighted by atomic mass is 32.2. The molecule has 0 atom stereocenters. The Labute approximate surface area is 122 Å². The fourth-order valence-corrected chi connectivity index (χ4v) is 3.62. The summed E-state index contributed by atoms with van der Waals surface area (Å²) in [5, 5.41) is 4.06. The first-order valence-corrected chi connectivity index (χ1v) is 7.76. The lowest BCUT2D eigenvalue weighted by atomic mass is 10.2. The second-order valence-electron chi connectivity index (χ2n) is 4.75. The van der Waals surface area contributed by atoms with E-state index >= 15 is 0 Å². The molecule has 0 aliphatic heterocycles. The number of benzene rings is 1.